The smallest absolute Gasteiger partial charge is 0.323 e. The van der Waals surface area contributed by atoms with Gasteiger partial charge in [0.05, 0.1) is 12.7 Å². The van der Waals surface area contributed by atoms with E-state index in [1.807, 2.05) is 0 Å². The molecule has 0 atom stereocenters. The number of rotatable bonds is 2. The summed E-state index contributed by atoms with van der Waals surface area (Å²) >= 11 is 5.12. The van der Waals surface area contributed by atoms with Gasteiger partial charge in [-0.3, -0.25) is 4.79 Å². The van der Waals surface area contributed by atoms with E-state index in [0.29, 0.717) is 15.8 Å². The molecule has 0 aliphatic carbocycles. The zero-order valence-corrected chi connectivity index (χ0v) is 8.73. The number of aliphatic carboxylic acids is 1. The lowest BCUT2D eigenvalue weighted by molar-refractivity contribution is -0.137. The number of aryl methyl sites for hydroxylation is 1. The fraction of sp³-hybridized carbons (Fsp3) is 0.250. The molecule has 78 valence electrons. The number of carbonyl (C=O) groups is 1. The number of carboxylic acids is 1. The minimum absolute atomic E-state index is 0.161. The topological polar surface area (TPSA) is 72.9 Å². The molecule has 1 N–H and O–H groups in total. The second-order valence-electron chi connectivity index (χ2n) is 3.10. The predicted molar refractivity (Wildman–Crippen MR) is 55.0 cm³/mol. The molecular weight excluding hydrogens is 216 g/mol. The Bertz CT molecular complexity index is 586. The summed E-state index contributed by atoms with van der Waals surface area (Å²) in [5.41, 5.74) is 1.05. The van der Waals surface area contributed by atoms with E-state index >= 15 is 0 Å². The third-order valence-corrected chi connectivity index (χ3v) is 2.47. The summed E-state index contributed by atoms with van der Waals surface area (Å²) in [6.45, 7) is -0.161. The fourth-order valence-corrected chi connectivity index (χ4v) is 1.48. The lowest BCUT2D eigenvalue weighted by Gasteiger charge is -2.00. The van der Waals surface area contributed by atoms with E-state index in [4.69, 9.17) is 17.3 Å². The lowest BCUT2D eigenvalue weighted by atomic mass is 10.5. The number of carboxylic acid groups (broad SMARTS) is 1. The van der Waals surface area contributed by atoms with Gasteiger partial charge >= 0.3 is 5.97 Å². The fourth-order valence-electron chi connectivity index (χ4n) is 1.28. The first-order chi connectivity index (χ1) is 7.09. The minimum atomic E-state index is -0.935. The predicted octanol–water partition coefficient (Wildman–Crippen LogP) is 0.584. The molecule has 0 aromatic carbocycles. The molecule has 0 bridgehead atoms. The Hall–Kier alpha value is -1.76. The molecule has 0 saturated heterocycles. The molecule has 0 aliphatic heterocycles. The van der Waals surface area contributed by atoms with Crippen LogP contribution >= 0.6 is 12.2 Å². The molecule has 6 nitrogen and oxygen atoms in total. The molecule has 0 fully saturated rings. The molecule has 7 heteroatoms. The molecule has 0 radical (unpaired) electrons. The molecule has 0 saturated carbocycles. The zero-order chi connectivity index (χ0) is 11.0. The van der Waals surface area contributed by atoms with Crippen molar-refractivity contribution in [2.75, 3.05) is 0 Å². The summed E-state index contributed by atoms with van der Waals surface area (Å²) < 4.78 is 3.66. The highest BCUT2D eigenvalue weighted by molar-refractivity contribution is 7.71. The second kappa shape index (κ2) is 3.43. The SMILES string of the molecule is Cn1cnc2c(ncn2CC(=O)O)c1=S. The Kier molecular flexibility index (Phi) is 2.24. The monoisotopic (exact) mass is 224 g/mol. The van der Waals surface area contributed by atoms with Crippen LogP contribution in [0.5, 0.6) is 0 Å². The third kappa shape index (κ3) is 1.61. The summed E-state index contributed by atoms with van der Waals surface area (Å²) in [7, 11) is 1.77. The largest absolute Gasteiger partial charge is 0.480 e. The molecule has 0 amide bonds. The Labute approximate surface area is 89.8 Å². The van der Waals surface area contributed by atoms with Gasteiger partial charge in [-0.1, -0.05) is 12.2 Å². The van der Waals surface area contributed by atoms with Crippen LogP contribution in [-0.4, -0.2) is 30.2 Å². The van der Waals surface area contributed by atoms with Crippen molar-refractivity contribution < 1.29 is 9.90 Å². The van der Waals surface area contributed by atoms with Crippen LogP contribution in [0.25, 0.3) is 11.2 Å². The van der Waals surface area contributed by atoms with Crippen LogP contribution in [-0.2, 0) is 18.4 Å². The van der Waals surface area contributed by atoms with Gasteiger partial charge in [0, 0.05) is 7.05 Å². The van der Waals surface area contributed by atoms with Crippen LogP contribution in [0.4, 0.5) is 0 Å². The van der Waals surface area contributed by atoms with Gasteiger partial charge in [-0.15, -0.1) is 0 Å². The molecule has 0 unspecified atom stereocenters. The van der Waals surface area contributed by atoms with Crippen LogP contribution in [0.1, 0.15) is 0 Å². The van der Waals surface area contributed by atoms with Gasteiger partial charge in [-0.25, -0.2) is 9.97 Å². The van der Waals surface area contributed by atoms with Crippen molar-refractivity contribution >= 4 is 29.4 Å². The molecule has 0 spiro atoms. The number of hydrogen-bond acceptors (Lipinski definition) is 4. The summed E-state index contributed by atoms with van der Waals surface area (Å²) in [5.74, 6) is -0.935. The van der Waals surface area contributed by atoms with Gasteiger partial charge in [-0.2, -0.15) is 0 Å². The minimum Gasteiger partial charge on any atom is -0.480 e. The Morgan fingerprint density at radius 3 is 2.93 bits per heavy atom. The quantitative estimate of drug-likeness (QED) is 0.755. The van der Waals surface area contributed by atoms with E-state index in [2.05, 4.69) is 9.97 Å². The molecule has 2 rings (SSSR count). The maximum Gasteiger partial charge on any atom is 0.323 e. The second-order valence-corrected chi connectivity index (χ2v) is 3.49. The van der Waals surface area contributed by atoms with Crippen molar-refractivity contribution in [2.24, 2.45) is 7.05 Å². The first-order valence-electron chi connectivity index (χ1n) is 4.18. The Morgan fingerprint density at radius 1 is 1.53 bits per heavy atom. The number of nitrogens with zero attached hydrogens (tertiary/aromatic N) is 4. The summed E-state index contributed by atoms with van der Waals surface area (Å²) in [5, 5.41) is 8.66. The Morgan fingerprint density at radius 2 is 2.27 bits per heavy atom. The van der Waals surface area contributed by atoms with E-state index in [-0.39, 0.29) is 6.54 Å². The summed E-state index contributed by atoms with van der Waals surface area (Å²) in [6.07, 6.45) is 2.98. The van der Waals surface area contributed by atoms with Gasteiger partial charge in [0.15, 0.2) is 5.65 Å². The highest BCUT2D eigenvalue weighted by Crippen LogP contribution is 2.10. The lowest BCUT2D eigenvalue weighted by Crippen LogP contribution is -2.08. The van der Waals surface area contributed by atoms with Crippen molar-refractivity contribution in [3.8, 4) is 0 Å². The van der Waals surface area contributed by atoms with E-state index in [0.717, 1.165) is 0 Å². The molecule has 2 aromatic heterocycles. The maximum absolute atomic E-state index is 10.6. The highest BCUT2D eigenvalue weighted by Gasteiger charge is 2.08. The van der Waals surface area contributed by atoms with Crippen molar-refractivity contribution in [2.45, 2.75) is 6.54 Å². The third-order valence-electron chi connectivity index (χ3n) is 1.99. The first-order valence-corrected chi connectivity index (χ1v) is 4.58. The Balaban J connectivity index is 2.67. The van der Waals surface area contributed by atoms with Crippen molar-refractivity contribution in [3.63, 3.8) is 0 Å². The van der Waals surface area contributed by atoms with Gasteiger partial charge in [0.1, 0.15) is 16.7 Å². The summed E-state index contributed by atoms with van der Waals surface area (Å²) in [4.78, 5) is 18.7. The van der Waals surface area contributed by atoms with Crippen molar-refractivity contribution in [3.05, 3.63) is 17.3 Å². The average Bonchev–Trinajstić information content (AvgIpc) is 2.55. The molecule has 2 aromatic rings. The van der Waals surface area contributed by atoms with E-state index < -0.39 is 5.97 Å². The number of aromatic nitrogens is 4. The van der Waals surface area contributed by atoms with E-state index in [1.54, 1.807) is 17.9 Å². The highest BCUT2D eigenvalue weighted by atomic mass is 32.1. The van der Waals surface area contributed by atoms with Crippen LogP contribution in [0.2, 0.25) is 0 Å². The van der Waals surface area contributed by atoms with Crippen LogP contribution in [0.3, 0.4) is 0 Å². The van der Waals surface area contributed by atoms with Gasteiger partial charge in [0.2, 0.25) is 0 Å². The number of fused-ring (bicyclic) bond motifs is 1. The maximum atomic E-state index is 10.6. The standard InChI is InChI=1S/C8H8N4O2S/c1-11-3-10-7-6(8(11)15)9-4-12(7)2-5(13)14/h3-4H,2H2,1H3,(H,13,14). The van der Waals surface area contributed by atoms with Crippen LogP contribution in [0.15, 0.2) is 12.7 Å². The summed E-state index contributed by atoms with van der Waals surface area (Å²) in [6, 6.07) is 0. The average molecular weight is 224 g/mol. The molecule has 2 heterocycles. The van der Waals surface area contributed by atoms with Gasteiger partial charge in [-0.05, 0) is 0 Å². The van der Waals surface area contributed by atoms with Gasteiger partial charge in [0.25, 0.3) is 0 Å². The van der Waals surface area contributed by atoms with Crippen molar-refractivity contribution in [1.29, 1.82) is 0 Å². The molecule has 15 heavy (non-hydrogen) atoms. The molecule has 0 aliphatic rings. The first kappa shape index (κ1) is 9.78. The number of hydrogen-bond donors (Lipinski definition) is 1. The van der Waals surface area contributed by atoms with Crippen molar-refractivity contribution in [1.82, 2.24) is 19.1 Å². The van der Waals surface area contributed by atoms with Crippen LogP contribution in [0, 0.1) is 4.64 Å². The van der Waals surface area contributed by atoms with Crippen LogP contribution < -0.4 is 0 Å². The van der Waals surface area contributed by atoms with Gasteiger partial charge < -0.3 is 14.2 Å². The molecular formula is C8H8N4O2S. The number of imidazole rings is 1. The van der Waals surface area contributed by atoms with E-state index in [1.165, 1.54) is 10.9 Å². The normalized spacial score (nSPS) is 10.7. The zero-order valence-electron chi connectivity index (χ0n) is 7.91. The van der Waals surface area contributed by atoms with E-state index in [9.17, 15) is 4.79 Å².